The summed E-state index contributed by atoms with van der Waals surface area (Å²) in [4.78, 5) is 18.2. The Morgan fingerprint density at radius 3 is 2.39 bits per heavy atom. The molecule has 0 atom stereocenters. The minimum atomic E-state index is -0.301. The van der Waals surface area contributed by atoms with Crippen molar-refractivity contribution >= 4 is 33.1 Å². The summed E-state index contributed by atoms with van der Waals surface area (Å²) in [5.74, 6) is 0.976. The van der Waals surface area contributed by atoms with E-state index in [-0.39, 0.29) is 5.91 Å². The quantitative estimate of drug-likeness (QED) is 0.435. The predicted molar refractivity (Wildman–Crippen MR) is 123 cm³/mol. The molecule has 0 aliphatic rings. The Balaban J connectivity index is 1.53. The van der Waals surface area contributed by atoms with Gasteiger partial charge in [-0.25, -0.2) is 4.98 Å². The van der Waals surface area contributed by atoms with Crippen LogP contribution in [-0.4, -0.2) is 32.2 Å². The number of rotatable bonds is 7. The molecule has 4 aromatic rings. The van der Waals surface area contributed by atoms with Crippen LogP contribution in [0.1, 0.15) is 20.8 Å². The minimum Gasteiger partial charge on any atom is -0.493 e. The molecule has 0 bridgehead atoms. The second kappa shape index (κ2) is 9.06. The van der Waals surface area contributed by atoms with Crippen LogP contribution in [0.15, 0.2) is 60.8 Å². The largest absolute Gasteiger partial charge is 0.493 e. The number of carbonyl (C=O) groups excluding carboxylic acids is 1. The normalized spacial score (nSPS) is 10.7. The number of nitrogens with zero attached hydrogens (tertiary/aromatic N) is 1. The van der Waals surface area contributed by atoms with Crippen molar-refractivity contribution in [3.8, 4) is 17.2 Å². The lowest BCUT2D eigenvalue weighted by atomic mass is 10.0. The van der Waals surface area contributed by atoms with E-state index in [1.54, 1.807) is 18.3 Å². The molecule has 0 radical (unpaired) electrons. The molecule has 1 heterocycles. The summed E-state index contributed by atoms with van der Waals surface area (Å²) in [6.07, 6.45) is 2.55. The van der Waals surface area contributed by atoms with Gasteiger partial charge in [0.25, 0.3) is 5.91 Å². The zero-order chi connectivity index (χ0) is 21.8. The number of fused-ring (bicyclic) bond motifs is 1. The Hall–Kier alpha value is -3.58. The molecule has 31 heavy (non-hydrogen) atoms. The second-order valence-electron chi connectivity index (χ2n) is 6.81. The van der Waals surface area contributed by atoms with Crippen molar-refractivity contribution < 1.29 is 19.0 Å². The number of carbonyl (C=O) groups is 1. The van der Waals surface area contributed by atoms with Crippen LogP contribution in [0.5, 0.6) is 17.2 Å². The fourth-order valence-corrected chi connectivity index (χ4v) is 4.29. The second-order valence-corrected chi connectivity index (χ2v) is 7.93. The third-order valence-corrected chi connectivity index (χ3v) is 5.86. The molecular weight excluding hydrogens is 412 g/mol. The zero-order valence-corrected chi connectivity index (χ0v) is 18.3. The molecule has 4 rings (SSSR count). The first-order valence-corrected chi connectivity index (χ1v) is 10.5. The molecule has 3 aromatic carbocycles. The van der Waals surface area contributed by atoms with Crippen LogP contribution in [0.2, 0.25) is 0 Å². The maximum Gasteiger partial charge on any atom is 0.257 e. The lowest BCUT2D eigenvalue weighted by Gasteiger charge is -2.13. The molecule has 0 aliphatic carbocycles. The first-order chi connectivity index (χ1) is 15.1. The fourth-order valence-electron chi connectivity index (χ4n) is 3.46. The van der Waals surface area contributed by atoms with E-state index in [1.165, 1.54) is 49.0 Å². The van der Waals surface area contributed by atoms with Crippen LogP contribution in [0.25, 0.3) is 10.8 Å². The molecular formula is C24H22N2O4S. The molecule has 0 aliphatic heterocycles. The van der Waals surface area contributed by atoms with E-state index in [2.05, 4.69) is 40.6 Å². The SMILES string of the molecule is COc1cc(C(=O)Nc2ncc(Cc3cccc4ccccc34)s2)cc(OC)c1OC. The number of thiazole rings is 1. The summed E-state index contributed by atoms with van der Waals surface area (Å²) in [5, 5.41) is 5.83. The maximum atomic E-state index is 12.8. The molecule has 158 valence electrons. The van der Waals surface area contributed by atoms with Gasteiger partial charge in [0.2, 0.25) is 5.75 Å². The van der Waals surface area contributed by atoms with E-state index in [9.17, 15) is 4.79 Å². The van der Waals surface area contributed by atoms with E-state index in [4.69, 9.17) is 14.2 Å². The first kappa shape index (κ1) is 20.7. The Morgan fingerprint density at radius 1 is 0.968 bits per heavy atom. The fraction of sp³-hybridized carbons (Fsp3) is 0.167. The summed E-state index contributed by atoms with van der Waals surface area (Å²) in [7, 11) is 4.55. The van der Waals surface area contributed by atoms with Crippen LogP contribution in [0.3, 0.4) is 0 Å². The summed E-state index contributed by atoms with van der Waals surface area (Å²) >= 11 is 1.46. The molecule has 0 saturated heterocycles. The molecule has 7 heteroatoms. The van der Waals surface area contributed by atoms with E-state index >= 15 is 0 Å². The highest BCUT2D eigenvalue weighted by Gasteiger charge is 2.18. The number of benzene rings is 3. The average molecular weight is 435 g/mol. The van der Waals surface area contributed by atoms with Gasteiger partial charge in [-0.3, -0.25) is 10.1 Å². The van der Waals surface area contributed by atoms with Crippen LogP contribution < -0.4 is 19.5 Å². The third-order valence-electron chi connectivity index (χ3n) is 4.95. The number of amides is 1. The predicted octanol–water partition coefficient (Wildman–Crippen LogP) is 5.17. The standard InChI is InChI=1S/C24H22N2O4S/c1-28-20-12-17(13-21(29-2)22(20)30-3)23(27)26-24-25-14-18(31-24)11-16-9-6-8-15-7-4-5-10-19(15)16/h4-10,12-14H,11H2,1-3H3,(H,25,26,27). The van der Waals surface area contributed by atoms with Crippen molar-refractivity contribution in [1.29, 1.82) is 0 Å². The van der Waals surface area contributed by atoms with Gasteiger partial charge in [0.15, 0.2) is 16.6 Å². The van der Waals surface area contributed by atoms with Gasteiger partial charge in [-0.2, -0.15) is 0 Å². The van der Waals surface area contributed by atoms with Crippen molar-refractivity contribution in [3.05, 3.63) is 76.8 Å². The van der Waals surface area contributed by atoms with E-state index in [1.807, 2.05) is 12.1 Å². The molecule has 1 amide bonds. The summed E-state index contributed by atoms with van der Waals surface area (Å²) in [5.41, 5.74) is 1.62. The van der Waals surface area contributed by atoms with Crippen molar-refractivity contribution in [1.82, 2.24) is 4.98 Å². The van der Waals surface area contributed by atoms with Gasteiger partial charge < -0.3 is 14.2 Å². The van der Waals surface area contributed by atoms with Crippen LogP contribution in [0, 0.1) is 0 Å². The molecule has 0 saturated carbocycles. The summed E-state index contributed by atoms with van der Waals surface area (Å²) < 4.78 is 16.0. The Kier molecular flexibility index (Phi) is 6.04. The Bertz CT molecular complexity index is 1200. The number of methoxy groups -OCH3 is 3. The van der Waals surface area contributed by atoms with Crippen molar-refractivity contribution in [2.75, 3.05) is 26.6 Å². The molecule has 0 spiro atoms. The van der Waals surface area contributed by atoms with Crippen LogP contribution in [-0.2, 0) is 6.42 Å². The maximum absolute atomic E-state index is 12.8. The van der Waals surface area contributed by atoms with E-state index in [0.717, 1.165) is 11.3 Å². The smallest absolute Gasteiger partial charge is 0.257 e. The highest BCUT2D eigenvalue weighted by molar-refractivity contribution is 7.15. The lowest BCUT2D eigenvalue weighted by molar-refractivity contribution is 0.102. The zero-order valence-electron chi connectivity index (χ0n) is 17.5. The van der Waals surface area contributed by atoms with Gasteiger partial charge in [-0.1, -0.05) is 42.5 Å². The molecule has 1 aromatic heterocycles. The average Bonchev–Trinajstić information content (AvgIpc) is 3.24. The van der Waals surface area contributed by atoms with Crippen LogP contribution >= 0.6 is 11.3 Å². The topological polar surface area (TPSA) is 69.7 Å². The number of aromatic nitrogens is 1. The Labute approximate surface area is 184 Å². The van der Waals surface area contributed by atoms with Gasteiger partial charge in [-0.15, -0.1) is 11.3 Å². The van der Waals surface area contributed by atoms with Gasteiger partial charge in [0.1, 0.15) is 0 Å². The minimum absolute atomic E-state index is 0.301. The third kappa shape index (κ3) is 4.32. The number of hydrogen-bond donors (Lipinski definition) is 1. The number of nitrogens with one attached hydrogen (secondary N) is 1. The summed E-state index contributed by atoms with van der Waals surface area (Å²) in [6.45, 7) is 0. The van der Waals surface area contributed by atoms with Crippen molar-refractivity contribution in [2.45, 2.75) is 6.42 Å². The van der Waals surface area contributed by atoms with Gasteiger partial charge >= 0.3 is 0 Å². The van der Waals surface area contributed by atoms with Crippen molar-refractivity contribution in [3.63, 3.8) is 0 Å². The summed E-state index contributed by atoms with van der Waals surface area (Å²) in [6, 6.07) is 17.8. The first-order valence-electron chi connectivity index (χ1n) is 9.65. The molecule has 6 nitrogen and oxygen atoms in total. The molecule has 1 N–H and O–H groups in total. The van der Waals surface area contributed by atoms with E-state index < -0.39 is 0 Å². The highest BCUT2D eigenvalue weighted by atomic mass is 32.1. The monoisotopic (exact) mass is 434 g/mol. The van der Waals surface area contributed by atoms with Gasteiger partial charge in [0, 0.05) is 23.1 Å². The molecule has 0 fully saturated rings. The van der Waals surface area contributed by atoms with Gasteiger partial charge in [-0.05, 0) is 28.5 Å². The number of hydrogen-bond acceptors (Lipinski definition) is 6. The Morgan fingerprint density at radius 2 is 1.68 bits per heavy atom. The number of ether oxygens (including phenoxy) is 3. The number of anilines is 1. The lowest BCUT2D eigenvalue weighted by Crippen LogP contribution is -2.12. The van der Waals surface area contributed by atoms with Gasteiger partial charge in [0.05, 0.1) is 21.3 Å². The van der Waals surface area contributed by atoms with Crippen molar-refractivity contribution in [2.24, 2.45) is 0 Å². The van der Waals surface area contributed by atoms with Crippen LogP contribution in [0.4, 0.5) is 5.13 Å². The van der Waals surface area contributed by atoms with E-state index in [0.29, 0.717) is 27.9 Å². The highest BCUT2D eigenvalue weighted by Crippen LogP contribution is 2.38. The molecule has 0 unspecified atom stereocenters.